The molecule has 2 aliphatic rings. The van der Waals surface area contributed by atoms with Crippen molar-refractivity contribution in [3.8, 4) is 0 Å². The maximum atomic E-state index is 6.73. The van der Waals surface area contributed by atoms with Gasteiger partial charge in [0.15, 0.2) is 23.0 Å². The molecule has 0 N–H and O–H groups in total. The Morgan fingerprint density at radius 2 is 0.409 bits per heavy atom. The minimum Gasteiger partial charge on any atom is -0.421 e. The highest BCUT2D eigenvalue weighted by molar-refractivity contribution is 7.95. The second-order valence-corrected chi connectivity index (χ2v) is 22.6. The summed E-state index contributed by atoms with van der Waals surface area (Å²) in [4.78, 5) is 0. The molecule has 2 aliphatic carbocycles. The van der Waals surface area contributed by atoms with Gasteiger partial charge in [-0.3, -0.25) is 0 Å². The second kappa shape index (κ2) is 38.5. The Balaban J connectivity index is 1.41. The van der Waals surface area contributed by atoms with E-state index in [-0.39, 0.29) is 0 Å². The molecule has 4 rings (SSSR count). The van der Waals surface area contributed by atoms with Crippen LogP contribution < -0.4 is 0 Å². The van der Waals surface area contributed by atoms with Gasteiger partial charge in [-0.05, 0) is 49.9 Å². The summed E-state index contributed by atoms with van der Waals surface area (Å²) >= 11 is 6.42. The van der Waals surface area contributed by atoms with Gasteiger partial charge in [0.1, 0.15) is 0 Å². The Morgan fingerprint density at radius 3 is 0.591 bits per heavy atom. The first-order valence-corrected chi connectivity index (χ1v) is 31.7. The van der Waals surface area contributed by atoms with Gasteiger partial charge >= 0.3 is 0 Å². The van der Waals surface area contributed by atoms with Crippen LogP contribution in [0.25, 0.3) is 33.8 Å². The molecule has 2 aromatic rings. The fourth-order valence-electron chi connectivity index (χ4n) is 9.36. The standard InChI is InChI=1S/C58H96O4S4/c1-5-9-13-17-21-25-29-33-37-45-63-59-55-49-41-42-51-54-52(44-43-50(53(49)54)56(55)60-64-46-38-34-30-26-22-18-14-10-6-2)58(62-66-48-40-36-32-28-24-20-16-12-8-4)57(51)61-65-47-39-35-31-27-23-19-15-11-7-3/h41-44H,5-40,45-48H2,1-4H3. The quantitative estimate of drug-likeness (QED) is 0.0480. The molecule has 0 fully saturated rings. The number of hydrogen-bond donors (Lipinski definition) is 0. The topological polar surface area (TPSA) is 36.9 Å². The summed E-state index contributed by atoms with van der Waals surface area (Å²) in [5.74, 6) is 7.48. The van der Waals surface area contributed by atoms with Crippen LogP contribution in [0.15, 0.2) is 24.3 Å². The van der Waals surface area contributed by atoms with E-state index in [9.17, 15) is 0 Å². The fourth-order valence-corrected chi connectivity index (χ4v) is 12.1. The molecule has 0 unspecified atom stereocenters. The molecule has 0 spiro atoms. The predicted octanol–water partition coefficient (Wildman–Crippen LogP) is 21.9. The molecule has 2 aromatic carbocycles. The van der Waals surface area contributed by atoms with Gasteiger partial charge < -0.3 is 16.7 Å². The van der Waals surface area contributed by atoms with Crippen LogP contribution in [0.2, 0.25) is 0 Å². The summed E-state index contributed by atoms with van der Waals surface area (Å²) in [6.07, 6.45) is 48.0. The maximum Gasteiger partial charge on any atom is 0.189 e. The Hall–Kier alpha value is -1.22. The van der Waals surface area contributed by atoms with Crippen LogP contribution in [-0.2, 0) is 16.7 Å². The summed E-state index contributed by atoms with van der Waals surface area (Å²) in [5.41, 5.74) is 4.53. The Morgan fingerprint density at radius 1 is 0.242 bits per heavy atom. The van der Waals surface area contributed by atoms with Crippen molar-refractivity contribution >= 4 is 82.0 Å². The normalized spacial score (nSPS) is 13.0. The number of hydrogen-bond acceptors (Lipinski definition) is 8. The van der Waals surface area contributed by atoms with E-state index in [0.29, 0.717) is 0 Å². The lowest BCUT2D eigenvalue weighted by atomic mass is 9.98. The first-order valence-electron chi connectivity index (χ1n) is 28.0. The highest BCUT2D eigenvalue weighted by Crippen LogP contribution is 2.53. The van der Waals surface area contributed by atoms with E-state index in [2.05, 4.69) is 52.0 Å². The van der Waals surface area contributed by atoms with Gasteiger partial charge in [-0.1, -0.05) is 233 Å². The lowest BCUT2D eigenvalue weighted by molar-refractivity contribution is 0.547. The minimum absolute atomic E-state index is 0.880. The monoisotopic (exact) mass is 985 g/mol. The van der Waals surface area contributed by atoms with Crippen LogP contribution in [0, 0.1) is 0 Å². The average molecular weight is 986 g/mol. The molecular weight excluding hydrogens is 889 g/mol. The Labute approximate surface area is 424 Å². The van der Waals surface area contributed by atoms with Crippen molar-refractivity contribution in [3.63, 3.8) is 0 Å². The van der Waals surface area contributed by atoms with Gasteiger partial charge in [-0.2, -0.15) is 0 Å². The molecule has 0 saturated carbocycles. The van der Waals surface area contributed by atoms with Crippen LogP contribution in [0.5, 0.6) is 0 Å². The zero-order valence-electron chi connectivity index (χ0n) is 42.9. The summed E-state index contributed by atoms with van der Waals surface area (Å²) in [6.45, 7) is 9.19. The molecule has 8 heteroatoms. The van der Waals surface area contributed by atoms with Crippen LogP contribution in [0.3, 0.4) is 0 Å². The van der Waals surface area contributed by atoms with Crippen LogP contribution >= 0.6 is 48.2 Å². The summed E-state index contributed by atoms with van der Waals surface area (Å²) in [5, 5.41) is 2.44. The van der Waals surface area contributed by atoms with Gasteiger partial charge in [0.05, 0.1) is 48.2 Å². The highest BCUT2D eigenvalue weighted by Gasteiger charge is 2.36. The summed E-state index contributed by atoms with van der Waals surface area (Å²) in [6, 6.07) is 9.03. The number of unbranched alkanes of at least 4 members (excludes halogenated alkanes) is 32. The van der Waals surface area contributed by atoms with Gasteiger partial charge in [0.2, 0.25) is 0 Å². The van der Waals surface area contributed by atoms with Gasteiger partial charge in [0.25, 0.3) is 0 Å². The third-order valence-electron chi connectivity index (χ3n) is 13.4. The molecule has 4 nitrogen and oxygen atoms in total. The third-order valence-corrected chi connectivity index (χ3v) is 16.4. The van der Waals surface area contributed by atoms with Crippen molar-refractivity contribution in [2.24, 2.45) is 0 Å². The van der Waals surface area contributed by atoms with Gasteiger partial charge in [-0.25, -0.2) is 0 Å². The lowest BCUT2D eigenvalue weighted by Gasteiger charge is -2.12. The molecule has 0 aliphatic heterocycles. The maximum absolute atomic E-state index is 6.73. The van der Waals surface area contributed by atoms with E-state index >= 15 is 0 Å². The predicted molar refractivity (Wildman–Crippen MR) is 301 cm³/mol. The molecular formula is C58H96O4S4. The summed E-state index contributed by atoms with van der Waals surface area (Å²) in [7, 11) is 0. The average Bonchev–Trinajstić information content (AvgIpc) is 3.80. The smallest absolute Gasteiger partial charge is 0.189 e. The lowest BCUT2D eigenvalue weighted by Crippen LogP contribution is -1.92. The molecule has 0 saturated heterocycles. The third kappa shape index (κ3) is 21.8. The minimum atomic E-state index is 0.880. The largest absolute Gasteiger partial charge is 0.421 e. The first kappa shape index (κ1) is 57.4. The van der Waals surface area contributed by atoms with E-state index in [4.69, 9.17) is 16.7 Å². The van der Waals surface area contributed by atoms with Crippen LogP contribution in [-0.4, -0.2) is 23.0 Å². The molecule has 0 atom stereocenters. The molecule has 376 valence electrons. The van der Waals surface area contributed by atoms with Gasteiger partial charge in [-0.15, -0.1) is 0 Å². The molecule has 0 aromatic heterocycles. The van der Waals surface area contributed by atoms with Crippen molar-refractivity contribution in [1.29, 1.82) is 0 Å². The van der Waals surface area contributed by atoms with E-state index in [1.807, 2.05) is 0 Å². The van der Waals surface area contributed by atoms with E-state index < -0.39 is 0 Å². The molecule has 0 heterocycles. The Bertz CT molecular complexity index is 1380. The molecule has 66 heavy (non-hydrogen) atoms. The zero-order chi connectivity index (χ0) is 46.5. The van der Waals surface area contributed by atoms with Crippen molar-refractivity contribution in [1.82, 2.24) is 0 Å². The zero-order valence-corrected chi connectivity index (χ0v) is 46.1. The SMILES string of the molecule is CCCCCCCCCCCSOC1=C(OSCCCCCCCCCCC)c2ccc3c4c(ccc1c24)C(OSCCCCCCCCCCC)=C3OSCCCCCCCCCCC. The highest BCUT2D eigenvalue weighted by atomic mass is 32.2. The van der Waals surface area contributed by atoms with Gasteiger partial charge in [0, 0.05) is 56.0 Å². The van der Waals surface area contributed by atoms with Crippen molar-refractivity contribution < 1.29 is 16.7 Å². The van der Waals surface area contributed by atoms with Crippen LogP contribution in [0.1, 0.15) is 281 Å². The van der Waals surface area contributed by atoms with E-state index in [1.54, 1.807) is 48.2 Å². The summed E-state index contributed by atoms with van der Waals surface area (Å²) < 4.78 is 26.9. The second-order valence-electron chi connectivity index (χ2n) is 19.3. The molecule has 0 amide bonds. The number of rotatable bonds is 48. The Kier molecular flexibility index (Phi) is 33.5. The first-order chi connectivity index (χ1) is 32.8. The van der Waals surface area contributed by atoms with E-state index in [0.717, 1.165) is 68.3 Å². The fraction of sp³-hybridized carbons (Fsp3) is 0.759. The van der Waals surface area contributed by atoms with Crippen molar-refractivity contribution in [3.05, 3.63) is 46.5 Å². The van der Waals surface area contributed by atoms with Crippen LogP contribution in [0.4, 0.5) is 0 Å². The van der Waals surface area contributed by atoms with Crippen molar-refractivity contribution in [2.75, 3.05) is 23.0 Å². The van der Waals surface area contributed by atoms with E-state index in [1.165, 1.54) is 242 Å². The number of benzene rings is 2. The molecule has 0 radical (unpaired) electrons. The van der Waals surface area contributed by atoms with Crippen molar-refractivity contribution in [2.45, 2.75) is 259 Å². The molecule has 0 bridgehead atoms.